The second-order valence-corrected chi connectivity index (χ2v) is 6.36. The lowest BCUT2D eigenvalue weighted by atomic mass is 10.0. The van der Waals surface area contributed by atoms with Crippen LogP contribution in [0.3, 0.4) is 0 Å². The monoisotopic (exact) mass is 294 g/mol. The van der Waals surface area contributed by atoms with Crippen molar-refractivity contribution >= 4 is 17.2 Å². The predicted molar refractivity (Wildman–Crippen MR) is 85.0 cm³/mol. The number of thiophene rings is 1. The Morgan fingerprint density at radius 1 is 1.40 bits per heavy atom. The molecule has 0 saturated carbocycles. The highest BCUT2D eigenvalue weighted by atomic mass is 32.1. The molecule has 2 heterocycles. The summed E-state index contributed by atoms with van der Waals surface area (Å²) in [5.74, 6) is 0.198. The van der Waals surface area contributed by atoms with E-state index in [1.165, 1.54) is 24.8 Å². The van der Waals surface area contributed by atoms with Crippen LogP contribution in [0.2, 0.25) is 0 Å². The van der Waals surface area contributed by atoms with Gasteiger partial charge in [-0.05, 0) is 54.7 Å². The number of nitrogens with one attached hydrogen (secondary N) is 1. The average Bonchev–Trinajstić information content (AvgIpc) is 3.00. The maximum atomic E-state index is 11.8. The third-order valence-corrected chi connectivity index (χ3v) is 4.71. The molecular weight excluding hydrogens is 268 g/mol. The Labute approximate surface area is 126 Å². The predicted octanol–water partition coefficient (Wildman–Crippen LogP) is 3.58. The highest BCUT2D eigenvalue weighted by molar-refractivity contribution is 7.07. The Hall–Kier alpha value is -0.870. The standard InChI is InChI=1S/C16H26N2OS/c1-2-3-7-16(19)17-12-15(14-8-11-20-13-14)18-9-5-4-6-10-18/h8,11,13,15H,2-7,9-10,12H2,1H3,(H,17,19). The van der Waals surface area contributed by atoms with E-state index in [-0.39, 0.29) is 5.91 Å². The van der Waals surface area contributed by atoms with E-state index in [0.29, 0.717) is 12.5 Å². The fourth-order valence-electron chi connectivity index (χ4n) is 2.79. The lowest BCUT2D eigenvalue weighted by Crippen LogP contribution is -2.40. The lowest BCUT2D eigenvalue weighted by molar-refractivity contribution is -0.121. The number of piperidine rings is 1. The van der Waals surface area contributed by atoms with E-state index in [2.05, 4.69) is 34.0 Å². The summed E-state index contributed by atoms with van der Waals surface area (Å²) < 4.78 is 0. The smallest absolute Gasteiger partial charge is 0.220 e. The van der Waals surface area contributed by atoms with Crippen LogP contribution in [0.1, 0.15) is 57.1 Å². The first-order valence-electron chi connectivity index (χ1n) is 7.84. The number of unbranched alkanes of at least 4 members (excludes halogenated alkanes) is 1. The van der Waals surface area contributed by atoms with Gasteiger partial charge in [0.1, 0.15) is 0 Å². The van der Waals surface area contributed by atoms with E-state index >= 15 is 0 Å². The molecule has 0 aromatic carbocycles. The van der Waals surface area contributed by atoms with Gasteiger partial charge in [-0.2, -0.15) is 11.3 Å². The number of carbonyl (C=O) groups excluding carboxylic acids is 1. The Balaban J connectivity index is 1.91. The van der Waals surface area contributed by atoms with Gasteiger partial charge in [0.15, 0.2) is 0 Å². The van der Waals surface area contributed by atoms with Crippen molar-refractivity contribution in [2.45, 2.75) is 51.5 Å². The van der Waals surface area contributed by atoms with Crippen LogP contribution in [-0.4, -0.2) is 30.4 Å². The highest BCUT2D eigenvalue weighted by Crippen LogP contribution is 2.25. The fraction of sp³-hybridized carbons (Fsp3) is 0.688. The molecule has 0 aliphatic carbocycles. The molecule has 4 heteroatoms. The molecule has 0 radical (unpaired) electrons. The second-order valence-electron chi connectivity index (χ2n) is 5.58. The maximum absolute atomic E-state index is 11.8. The summed E-state index contributed by atoms with van der Waals surface area (Å²) in [5.41, 5.74) is 1.35. The van der Waals surface area contributed by atoms with Gasteiger partial charge in [-0.1, -0.05) is 19.8 Å². The fourth-order valence-corrected chi connectivity index (χ4v) is 3.50. The van der Waals surface area contributed by atoms with E-state index in [0.717, 1.165) is 32.5 Å². The summed E-state index contributed by atoms with van der Waals surface area (Å²) in [6.45, 7) is 5.19. The molecule has 0 bridgehead atoms. The number of likely N-dealkylation sites (tertiary alicyclic amines) is 1. The van der Waals surface area contributed by atoms with Gasteiger partial charge in [-0.25, -0.2) is 0 Å². The van der Waals surface area contributed by atoms with Gasteiger partial charge in [0.05, 0.1) is 6.04 Å². The van der Waals surface area contributed by atoms with Gasteiger partial charge in [-0.3, -0.25) is 9.69 Å². The number of rotatable bonds is 7. The first kappa shape index (κ1) is 15.5. The molecule has 3 nitrogen and oxygen atoms in total. The minimum absolute atomic E-state index is 0.198. The van der Waals surface area contributed by atoms with Crippen molar-refractivity contribution in [1.29, 1.82) is 0 Å². The molecular formula is C16H26N2OS. The molecule has 1 fully saturated rings. The van der Waals surface area contributed by atoms with E-state index in [1.54, 1.807) is 11.3 Å². The van der Waals surface area contributed by atoms with Crippen molar-refractivity contribution in [3.05, 3.63) is 22.4 Å². The SMILES string of the molecule is CCCCC(=O)NCC(c1ccsc1)N1CCCCC1. The van der Waals surface area contributed by atoms with Crippen LogP contribution in [0.4, 0.5) is 0 Å². The highest BCUT2D eigenvalue weighted by Gasteiger charge is 2.22. The van der Waals surface area contributed by atoms with Gasteiger partial charge in [0.2, 0.25) is 5.91 Å². The summed E-state index contributed by atoms with van der Waals surface area (Å²) in [5, 5.41) is 7.48. The van der Waals surface area contributed by atoms with Crippen LogP contribution in [0.15, 0.2) is 16.8 Å². The van der Waals surface area contributed by atoms with Gasteiger partial charge in [0, 0.05) is 13.0 Å². The zero-order valence-corrected chi connectivity index (χ0v) is 13.3. The zero-order valence-electron chi connectivity index (χ0n) is 12.4. The van der Waals surface area contributed by atoms with Gasteiger partial charge >= 0.3 is 0 Å². The molecule has 1 aliphatic heterocycles. The lowest BCUT2D eigenvalue weighted by Gasteiger charge is -2.34. The summed E-state index contributed by atoms with van der Waals surface area (Å²) >= 11 is 1.74. The van der Waals surface area contributed by atoms with Crippen molar-refractivity contribution in [3.8, 4) is 0 Å². The molecule has 1 N–H and O–H groups in total. The van der Waals surface area contributed by atoms with E-state index in [4.69, 9.17) is 0 Å². The Bertz CT molecular complexity index is 385. The summed E-state index contributed by atoms with van der Waals surface area (Å²) in [6.07, 6.45) is 6.63. The van der Waals surface area contributed by atoms with Gasteiger partial charge in [-0.15, -0.1) is 0 Å². The quantitative estimate of drug-likeness (QED) is 0.833. The Morgan fingerprint density at radius 3 is 2.85 bits per heavy atom. The van der Waals surface area contributed by atoms with Crippen molar-refractivity contribution in [2.24, 2.45) is 0 Å². The van der Waals surface area contributed by atoms with Crippen molar-refractivity contribution in [1.82, 2.24) is 10.2 Å². The van der Waals surface area contributed by atoms with Crippen molar-refractivity contribution in [2.75, 3.05) is 19.6 Å². The molecule has 1 atom stereocenters. The number of nitrogens with zero attached hydrogens (tertiary/aromatic N) is 1. The third-order valence-electron chi connectivity index (χ3n) is 4.01. The maximum Gasteiger partial charge on any atom is 0.220 e. The molecule has 20 heavy (non-hydrogen) atoms. The molecule has 1 amide bonds. The Morgan fingerprint density at radius 2 is 2.20 bits per heavy atom. The summed E-state index contributed by atoms with van der Waals surface area (Å²) in [6, 6.07) is 2.55. The molecule has 1 aliphatic rings. The Kier molecular flexibility index (Phi) is 6.54. The molecule has 1 unspecified atom stereocenters. The first-order valence-corrected chi connectivity index (χ1v) is 8.78. The van der Waals surface area contributed by atoms with Crippen LogP contribution in [0, 0.1) is 0 Å². The molecule has 1 saturated heterocycles. The largest absolute Gasteiger partial charge is 0.354 e. The number of amides is 1. The average molecular weight is 294 g/mol. The van der Waals surface area contributed by atoms with Gasteiger partial charge in [0.25, 0.3) is 0 Å². The molecule has 112 valence electrons. The molecule has 1 aromatic rings. The normalized spacial score (nSPS) is 17.9. The van der Waals surface area contributed by atoms with Crippen LogP contribution in [0.5, 0.6) is 0 Å². The minimum Gasteiger partial charge on any atom is -0.354 e. The van der Waals surface area contributed by atoms with Crippen LogP contribution >= 0.6 is 11.3 Å². The van der Waals surface area contributed by atoms with Crippen LogP contribution in [0.25, 0.3) is 0 Å². The molecule has 0 spiro atoms. The summed E-state index contributed by atoms with van der Waals surface area (Å²) in [4.78, 5) is 14.4. The second kappa shape index (κ2) is 8.42. The van der Waals surface area contributed by atoms with Crippen molar-refractivity contribution < 1.29 is 4.79 Å². The van der Waals surface area contributed by atoms with Gasteiger partial charge < -0.3 is 5.32 Å². The first-order chi connectivity index (χ1) is 9.81. The summed E-state index contributed by atoms with van der Waals surface area (Å²) in [7, 11) is 0. The molecule has 1 aromatic heterocycles. The third kappa shape index (κ3) is 4.60. The van der Waals surface area contributed by atoms with Crippen molar-refractivity contribution in [3.63, 3.8) is 0 Å². The molecule has 2 rings (SSSR count). The van der Waals surface area contributed by atoms with E-state index in [9.17, 15) is 4.79 Å². The van der Waals surface area contributed by atoms with Crippen LogP contribution in [-0.2, 0) is 4.79 Å². The number of hydrogen-bond acceptors (Lipinski definition) is 3. The minimum atomic E-state index is 0.198. The topological polar surface area (TPSA) is 32.3 Å². The number of carbonyl (C=O) groups is 1. The zero-order chi connectivity index (χ0) is 14.2. The van der Waals surface area contributed by atoms with E-state index < -0.39 is 0 Å². The van der Waals surface area contributed by atoms with E-state index in [1.807, 2.05) is 0 Å². The number of hydrogen-bond donors (Lipinski definition) is 1. The van der Waals surface area contributed by atoms with Crippen LogP contribution < -0.4 is 5.32 Å².